The maximum atomic E-state index is 12.2. The maximum Gasteiger partial charge on any atom is 0.311 e. The molecule has 1 fully saturated rings. The summed E-state index contributed by atoms with van der Waals surface area (Å²) in [6.07, 6.45) is 8.83. The number of anilines is 1. The number of hydrogen-bond donors (Lipinski definition) is 3. The Bertz CT molecular complexity index is 1320. The van der Waals surface area contributed by atoms with Crippen molar-refractivity contribution >= 4 is 35.6 Å². The Hall–Kier alpha value is -3.18. The smallest absolute Gasteiger partial charge is 0.311 e. The van der Waals surface area contributed by atoms with E-state index in [4.69, 9.17) is 19.9 Å². The van der Waals surface area contributed by atoms with Crippen LogP contribution in [0, 0.1) is 12.3 Å². The van der Waals surface area contributed by atoms with Gasteiger partial charge in [0.25, 0.3) is 5.56 Å². The van der Waals surface area contributed by atoms with Crippen molar-refractivity contribution in [2.75, 3.05) is 26.1 Å². The Balaban J connectivity index is 0.000000222. The van der Waals surface area contributed by atoms with Crippen LogP contribution in [-0.4, -0.2) is 57.6 Å². The molecule has 0 aliphatic heterocycles. The highest BCUT2D eigenvalue weighted by molar-refractivity contribution is 7.80. The van der Waals surface area contributed by atoms with Crippen molar-refractivity contribution in [2.24, 2.45) is 5.41 Å². The molecule has 1 atom stereocenters. The first kappa shape index (κ1) is 31.3. The molecular weight excluding hydrogens is 530 g/mol. The Morgan fingerprint density at radius 3 is 2.55 bits per heavy atom. The number of nitrogens with two attached hydrogens (primary N) is 1. The molecule has 218 valence electrons. The van der Waals surface area contributed by atoms with Gasteiger partial charge in [0.2, 0.25) is 11.8 Å². The van der Waals surface area contributed by atoms with Crippen molar-refractivity contribution < 1.29 is 19.0 Å². The van der Waals surface area contributed by atoms with Crippen LogP contribution in [0.25, 0.3) is 22.2 Å². The molecule has 1 aliphatic rings. The Kier molecular flexibility index (Phi) is 11.3. The van der Waals surface area contributed by atoms with E-state index in [9.17, 15) is 9.59 Å². The van der Waals surface area contributed by atoms with E-state index < -0.39 is 5.41 Å². The predicted molar refractivity (Wildman–Crippen MR) is 160 cm³/mol. The highest BCUT2D eigenvalue weighted by atomic mass is 32.1. The number of nitrogens with one attached hydrogen (secondary N) is 1. The van der Waals surface area contributed by atoms with Crippen molar-refractivity contribution in [1.82, 2.24) is 19.9 Å². The number of pyridine rings is 2. The van der Waals surface area contributed by atoms with E-state index in [0.29, 0.717) is 47.7 Å². The van der Waals surface area contributed by atoms with Gasteiger partial charge in [-0.3, -0.25) is 9.59 Å². The van der Waals surface area contributed by atoms with Crippen molar-refractivity contribution in [3.8, 4) is 17.0 Å². The van der Waals surface area contributed by atoms with Crippen LogP contribution in [0.3, 0.4) is 0 Å². The molecule has 1 saturated carbocycles. The summed E-state index contributed by atoms with van der Waals surface area (Å²) in [5.41, 5.74) is 7.18. The van der Waals surface area contributed by atoms with Crippen LogP contribution < -0.4 is 16.0 Å². The summed E-state index contributed by atoms with van der Waals surface area (Å²) >= 11 is 4.33. The van der Waals surface area contributed by atoms with E-state index in [2.05, 4.69) is 32.6 Å². The van der Waals surface area contributed by atoms with Gasteiger partial charge in [0, 0.05) is 28.8 Å². The van der Waals surface area contributed by atoms with Crippen LogP contribution in [0.5, 0.6) is 5.88 Å². The third-order valence-corrected chi connectivity index (χ3v) is 6.94. The highest BCUT2D eigenvalue weighted by Crippen LogP contribution is 2.26. The lowest BCUT2D eigenvalue weighted by atomic mass is 9.88. The van der Waals surface area contributed by atoms with Gasteiger partial charge in [0.1, 0.15) is 12.3 Å². The lowest BCUT2D eigenvalue weighted by molar-refractivity contribution is -0.156. The number of nitrogen functional groups attached to an aromatic ring is 1. The number of rotatable bonds is 9. The number of ether oxygens (including phenoxy) is 3. The number of thiol groups is 1. The van der Waals surface area contributed by atoms with Crippen LogP contribution in [0.4, 0.5) is 5.95 Å². The number of H-pyrrole nitrogens is 1. The second kappa shape index (κ2) is 14.5. The second-order valence-corrected chi connectivity index (χ2v) is 11.6. The first-order valence-electron chi connectivity index (χ1n) is 13.6. The molecule has 3 aromatic heterocycles. The minimum absolute atomic E-state index is 0.134. The number of esters is 1. The molecule has 1 unspecified atom stereocenters. The third kappa shape index (κ3) is 8.92. The van der Waals surface area contributed by atoms with E-state index in [1.54, 1.807) is 24.4 Å². The molecule has 0 aromatic carbocycles. The molecule has 0 bridgehead atoms. The standard InChI is InChI=1S/C15H28O3S.C14H13N5O2/c1-12(19)11-15(2,3)14(16)18-10-9-17-13-7-5-4-6-8-13;1-7-9-5-10(8-3-4-11(21-2)16-6-8)13(20)18-12(9)19-14(15)17-7/h12-13,19H,4-11H2,1-3H3;3-6H,1-2H3,(H3,15,17,18,19,20). The molecule has 3 N–H and O–H groups in total. The zero-order valence-corrected chi connectivity index (χ0v) is 24.9. The minimum Gasteiger partial charge on any atom is -0.481 e. The first-order valence-corrected chi connectivity index (χ1v) is 14.2. The quantitative estimate of drug-likeness (QED) is 0.186. The molecular formula is C29H41N5O5S. The fourth-order valence-electron chi connectivity index (χ4n) is 4.73. The number of aromatic nitrogens is 4. The van der Waals surface area contributed by atoms with Gasteiger partial charge in [0.05, 0.1) is 30.9 Å². The van der Waals surface area contributed by atoms with Crippen molar-refractivity contribution in [3.05, 3.63) is 40.4 Å². The summed E-state index contributed by atoms with van der Waals surface area (Å²) in [6.45, 7) is 8.50. The first-order chi connectivity index (χ1) is 19.0. The van der Waals surface area contributed by atoms with Gasteiger partial charge in [-0.25, -0.2) is 9.97 Å². The monoisotopic (exact) mass is 571 g/mol. The SMILES string of the molecule is CC(S)CC(C)(C)C(=O)OCCOC1CCCCC1.COc1ccc(-c2cc3c(C)nc(N)nc3[nH]c2=O)cn1. The molecule has 10 nitrogen and oxygen atoms in total. The minimum atomic E-state index is -0.466. The van der Waals surface area contributed by atoms with Crippen molar-refractivity contribution in [2.45, 2.75) is 77.6 Å². The molecule has 40 heavy (non-hydrogen) atoms. The average Bonchev–Trinajstić information content (AvgIpc) is 2.91. The number of aryl methyl sites for hydroxylation is 1. The zero-order chi connectivity index (χ0) is 29.3. The summed E-state index contributed by atoms with van der Waals surface area (Å²) in [4.78, 5) is 39.1. The number of hydrogen-bond acceptors (Lipinski definition) is 10. The largest absolute Gasteiger partial charge is 0.481 e. The summed E-state index contributed by atoms with van der Waals surface area (Å²) < 4.78 is 16.0. The Labute approximate surface area is 240 Å². The molecule has 3 heterocycles. The van der Waals surface area contributed by atoms with Gasteiger partial charge in [-0.15, -0.1) is 0 Å². The molecule has 0 amide bonds. The number of carbonyl (C=O) groups is 1. The van der Waals surface area contributed by atoms with Crippen LogP contribution in [0.2, 0.25) is 0 Å². The van der Waals surface area contributed by atoms with Crippen molar-refractivity contribution in [1.29, 1.82) is 0 Å². The van der Waals surface area contributed by atoms with E-state index in [1.165, 1.54) is 26.4 Å². The molecule has 3 aromatic rings. The number of carbonyl (C=O) groups excluding carboxylic acids is 1. The van der Waals surface area contributed by atoms with Crippen LogP contribution in [0.1, 0.15) is 65.0 Å². The maximum absolute atomic E-state index is 12.2. The summed E-state index contributed by atoms with van der Waals surface area (Å²) in [5.74, 6) is 0.471. The summed E-state index contributed by atoms with van der Waals surface area (Å²) in [5, 5.41) is 0.940. The van der Waals surface area contributed by atoms with E-state index in [1.807, 2.05) is 27.7 Å². The van der Waals surface area contributed by atoms with E-state index in [0.717, 1.165) is 24.6 Å². The van der Waals surface area contributed by atoms with Gasteiger partial charge >= 0.3 is 5.97 Å². The number of aromatic amines is 1. The van der Waals surface area contributed by atoms with E-state index >= 15 is 0 Å². The fourth-order valence-corrected chi connectivity index (χ4v) is 5.19. The average molecular weight is 572 g/mol. The highest BCUT2D eigenvalue weighted by Gasteiger charge is 2.30. The lowest BCUT2D eigenvalue weighted by Crippen LogP contribution is -2.30. The lowest BCUT2D eigenvalue weighted by Gasteiger charge is -2.25. The summed E-state index contributed by atoms with van der Waals surface area (Å²) in [6, 6.07) is 5.22. The molecule has 1 aliphatic carbocycles. The second-order valence-electron chi connectivity index (χ2n) is 10.7. The molecule has 0 spiro atoms. The van der Waals surface area contributed by atoms with Gasteiger partial charge in [-0.2, -0.15) is 17.6 Å². The van der Waals surface area contributed by atoms with Gasteiger partial charge < -0.3 is 24.9 Å². The molecule has 11 heteroatoms. The zero-order valence-electron chi connectivity index (χ0n) is 24.0. The Morgan fingerprint density at radius 1 is 1.20 bits per heavy atom. The van der Waals surface area contributed by atoms with Crippen LogP contribution in [-0.2, 0) is 14.3 Å². The number of nitrogens with zero attached hydrogens (tertiary/aromatic N) is 3. The normalized spacial score (nSPS) is 14.8. The fraction of sp³-hybridized carbons (Fsp3) is 0.552. The van der Waals surface area contributed by atoms with Gasteiger partial charge in [0.15, 0.2) is 0 Å². The molecule has 0 saturated heterocycles. The van der Waals surface area contributed by atoms with Crippen LogP contribution >= 0.6 is 12.6 Å². The molecule has 4 rings (SSSR count). The van der Waals surface area contributed by atoms with Crippen LogP contribution in [0.15, 0.2) is 29.2 Å². The number of fused-ring (bicyclic) bond motifs is 1. The van der Waals surface area contributed by atoms with E-state index in [-0.39, 0.29) is 22.7 Å². The van der Waals surface area contributed by atoms with Crippen molar-refractivity contribution in [3.63, 3.8) is 0 Å². The Morgan fingerprint density at radius 2 is 1.93 bits per heavy atom. The third-order valence-electron chi connectivity index (χ3n) is 6.76. The summed E-state index contributed by atoms with van der Waals surface area (Å²) in [7, 11) is 1.54. The topological polar surface area (TPSA) is 142 Å². The van der Waals surface area contributed by atoms with Gasteiger partial charge in [-0.05, 0) is 57.4 Å². The van der Waals surface area contributed by atoms with Gasteiger partial charge in [-0.1, -0.05) is 26.2 Å². The molecule has 0 radical (unpaired) electrons. The predicted octanol–water partition coefficient (Wildman–Crippen LogP) is 4.89. The number of methoxy groups -OCH3 is 1.